The summed E-state index contributed by atoms with van der Waals surface area (Å²) in [4.78, 5) is 34.0. The minimum absolute atomic E-state index is 0.00558. The second-order valence-corrected chi connectivity index (χ2v) is 7.59. The zero-order valence-corrected chi connectivity index (χ0v) is 18.0. The van der Waals surface area contributed by atoms with E-state index in [9.17, 15) is 9.59 Å². The zero-order valence-electron chi connectivity index (χ0n) is 18.0. The molecule has 0 aliphatic carbocycles. The fourth-order valence-electron chi connectivity index (χ4n) is 3.82. The highest BCUT2D eigenvalue weighted by Crippen LogP contribution is 2.32. The molecule has 4 rings (SSSR count). The van der Waals surface area contributed by atoms with Crippen LogP contribution >= 0.6 is 0 Å². The molecule has 164 valence electrons. The van der Waals surface area contributed by atoms with E-state index in [1.54, 1.807) is 14.0 Å². The average molecular weight is 433 g/mol. The maximum atomic E-state index is 13.0. The van der Waals surface area contributed by atoms with Gasteiger partial charge in [0.15, 0.2) is 0 Å². The van der Waals surface area contributed by atoms with E-state index >= 15 is 0 Å². The lowest BCUT2D eigenvalue weighted by Crippen LogP contribution is -2.23. The molecule has 0 saturated heterocycles. The molecular formula is C23H23N5O4. The molecule has 1 aliphatic heterocycles. The van der Waals surface area contributed by atoms with E-state index in [2.05, 4.69) is 20.6 Å². The van der Waals surface area contributed by atoms with Crippen LogP contribution in [-0.4, -0.2) is 39.1 Å². The van der Waals surface area contributed by atoms with Crippen molar-refractivity contribution in [2.75, 3.05) is 17.7 Å². The highest BCUT2D eigenvalue weighted by Gasteiger charge is 2.29. The summed E-state index contributed by atoms with van der Waals surface area (Å²) in [5.41, 5.74) is 4.88. The van der Waals surface area contributed by atoms with Crippen molar-refractivity contribution in [3.05, 3.63) is 70.5 Å². The number of aromatic nitrogens is 2. The molecule has 2 amide bonds. The molecule has 0 saturated carbocycles. The Labute approximate surface area is 185 Å². The van der Waals surface area contributed by atoms with Gasteiger partial charge in [0.1, 0.15) is 23.7 Å². The van der Waals surface area contributed by atoms with Crippen molar-refractivity contribution in [3.8, 4) is 5.75 Å². The number of aryl methyl sites for hydroxylation is 1. The van der Waals surface area contributed by atoms with Gasteiger partial charge in [-0.25, -0.2) is 14.8 Å². The first-order chi connectivity index (χ1) is 15.4. The third-order valence-corrected chi connectivity index (χ3v) is 5.38. The highest BCUT2D eigenvalue weighted by molar-refractivity contribution is 6.00. The lowest BCUT2D eigenvalue weighted by atomic mass is 10.0. The van der Waals surface area contributed by atoms with Gasteiger partial charge in [0.05, 0.1) is 7.11 Å². The van der Waals surface area contributed by atoms with Crippen LogP contribution in [-0.2, 0) is 13.1 Å². The number of carboxylic acid groups (broad SMARTS) is 1. The van der Waals surface area contributed by atoms with E-state index in [4.69, 9.17) is 9.84 Å². The van der Waals surface area contributed by atoms with Gasteiger partial charge in [-0.15, -0.1) is 0 Å². The second-order valence-electron chi connectivity index (χ2n) is 7.59. The summed E-state index contributed by atoms with van der Waals surface area (Å²) in [7, 11) is 1.62. The van der Waals surface area contributed by atoms with Crippen LogP contribution in [0.15, 0.2) is 42.7 Å². The van der Waals surface area contributed by atoms with Gasteiger partial charge in [-0.05, 0) is 54.8 Å². The zero-order chi connectivity index (χ0) is 22.8. The van der Waals surface area contributed by atoms with Crippen molar-refractivity contribution in [2.45, 2.75) is 26.9 Å². The number of ether oxygens (including phenoxy) is 1. The van der Waals surface area contributed by atoms with Crippen molar-refractivity contribution in [1.29, 1.82) is 0 Å². The maximum Gasteiger partial charge on any atom is 0.410 e. The Kier molecular flexibility index (Phi) is 5.63. The summed E-state index contributed by atoms with van der Waals surface area (Å²) in [6.07, 6.45) is 0.0996. The van der Waals surface area contributed by atoms with E-state index < -0.39 is 6.09 Å². The molecule has 0 radical (unpaired) electrons. The molecule has 0 atom stereocenters. The molecule has 2 heterocycles. The number of methoxy groups -OCH3 is 1. The molecule has 2 aromatic carbocycles. The number of anilines is 3. The molecule has 0 bridgehead atoms. The van der Waals surface area contributed by atoms with Crippen LogP contribution < -0.4 is 15.4 Å². The highest BCUT2D eigenvalue weighted by atomic mass is 16.5. The number of rotatable bonds is 6. The predicted octanol–water partition coefficient (Wildman–Crippen LogP) is 4.09. The van der Waals surface area contributed by atoms with E-state index in [0.717, 1.165) is 33.7 Å². The van der Waals surface area contributed by atoms with Crippen molar-refractivity contribution >= 4 is 29.3 Å². The Balaban J connectivity index is 1.55. The summed E-state index contributed by atoms with van der Waals surface area (Å²) in [5, 5.41) is 14.4. The van der Waals surface area contributed by atoms with Crippen LogP contribution in [0.4, 0.5) is 22.1 Å². The van der Waals surface area contributed by atoms with Gasteiger partial charge in [-0.3, -0.25) is 10.1 Å². The molecule has 0 unspecified atom stereocenters. The molecule has 3 aromatic rings. The van der Waals surface area contributed by atoms with Crippen LogP contribution in [0.3, 0.4) is 0 Å². The van der Waals surface area contributed by atoms with Crippen molar-refractivity contribution in [1.82, 2.24) is 14.9 Å². The molecular weight excluding hydrogens is 410 g/mol. The number of carbonyl (C=O) groups excluding carboxylic acids is 1. The van der Waals surface area contributed by atoms with E-state index in [1.165, 1.54) is 6.33 Å². The van der Waals surface area contributed by atoms with Gasteiger partial charge in [-0.1, -0.05) is 12.1 Å². The summed E-state index contributed by atoms with van der Waals surface area (Å²) < 4.78 is 5.19. The topological polar surface area (TPSA) is 117 Å². The Morgan fingerprint density at radius 1 is 1.16 bits per heavy atom. The van der Waals surface area contributed by atoms with Gasteiger partial charge in [0.2, 0.25) is 0 Å². The Hall–Kier alpha value is -4.14. The van der Waals surface area contributed by atoms with Gasteiger partial charge in [0, 0.05) is 29.9 Å². The second kappa shape index (κ2) is 8.54. The van der Waals surface area contributed by atoms with Crippen LogP contribution in [0.1, 0.15) is 32.6 Å². The third-order valence-electron chi connectivity index (χ3n) is 5.38. The van der Waals surface area contributed by atoms with Crippen LogP contribution in [0.2, 0.25) is 0 Å². The standard InChI is InChI=1S/C23H23N5O4/c1-13-8-17(26-20-14(2)21(25-12-24-20)27-23(30)31)9-16-11-28(22(29)19(13)16)10-15-4-6-18(32-3)7-5-15/h4-9,12H,10-11H2,1-3H3,(H,30,31)(H2,24,25,26,27). The fraction of sp³-hybridized carbons (Fsp3) is 0.217. The Morgan fingerprint density at radius 3 is 2.56 bits per heavy atom. The number of nitrogens with one attached hydrogen (secondary N) is 2. The van der Waals surface area contributed by atoms with Crippen molar-refractivity contribution in [3.63, 3.8) is 0 Å². The maximum absolute atomic E-state index is 13.0. The molecule has 9 nitrogen and oxygen atoms in total. The molecule has 0 spiro atoms. The normalized spacial score (nSPS) is 12.5. The molecule has 3 N–H and O–H groups in total. The molecule has 1 aromatic heterocycles. The molecule has 0 fully saturated rings. The largest absolute Gasteiger partial charge is 0.497 e. The first-order valence-corrected chi connectivity index (χ1v) is 10.00. The first kappa shape index (κ1) is 21.1. The number of hydrogen-bond acceptors (Lipinski definition) is 6. The van der Waals surface area contributed by atoms with Gasteiger partial charge in [-0.2, -0.15) is 0 Å². The number of fused-ring (bicyclic) bond motifs is 1. The smallest absolute Gasteiger partial charge is 0.410 e. The first-order valence-electron chi connectivity index (χ1n) is 10.00. The fourth-order valence-corrected chi connectivity index (χ4v) is 3.82. The Bertz CT molecular complexity index is 1190. The predicted molar refractivity (Wildman–Crippen MR) is 119 cm³/mol. The monoisotopic (exact) mass is 433 g/mol. The molecule has 32 heavy (non-hydrogen) atoms. The van der Waals surface area contributed by atoms with Gasteiger partial charge >= 0.3 is 6.09 Å². The van der Waals surface area contributed by atoms with Gasteiger partial charge < -0.3 is 20.1 Å². The Morgan fingerprint density at radius 2 is 1.88 bits per heavy atom. The summed E-state index contributed by atoms with van der Waals surface area (Å²) in [6, 6.07) is 11.5. The van der Waals surface area contributed by atoms with E-state index in [-0.39, 0.29) is 11.7 Å². The van der Waals surface area contributed by atoms with Crippen molar-refractivity contribution in [2.24, 2.45) is 0 Å². The van der Waals surface area contributed by atoms with Crippen LogP contribution in [0, 0.1) is 13.8 Å². The van der Waals surface area contributed by atoms with Crippen molar-refractivity contribution < 1.29 is 19.4 Å². The average Bonchev–Trinajstić information content (AvgIpc) is 3.06. The number of carbonyl (C=O) groups is 2. The minimum Gasteiger partial charge on any atom is -0.497 e. The summed E-state index contributed by atoms with van der Waals surface area (Å²) >= 11 is 0. The summed E-state index contributed by atoms with van der Waals surface area (Å²) in [5.74, 6) is 1.49. The number of benzene rings is 2. The lowest BCUT2D eigenvalue weighted by molar-refractivity contribution is 0.0766. The lowest BCUT2D eigenvalue weighted by Gasteiger charge is -2.16. The number of nitrogens with zero attached hydrogens (tertiary/aromatic N) is 3. The SMILES string of the molecule is COc1ccc(CN2Cc3cc(Nc4ncnc(NC(=O)O)c4C)cc(C)c3C2=O)cc1. The number of hydrogen-bond donors (Lipinski definition) is 3. The van der Waals surface area contributed by atoms with Crippen LogP contribution in [0.5, 0.6) is 5.75 Å². The van der Waals surface area contributed by atoms with E-state index in [0.29, 0.717) is 24.5 Å². The molecule has 9 heteroatoms. The van der Waals surface area contributed by atoms with E-state index in [1.807, 2.05) is 48.2 Å². The van der Waals surface area contributed by atoms with Gasteiger partial charge in [0.25, 0.3) is 5.91 Å². The molecule has 1 aliphatic rings. The van der Waals surface area contributed by atoms with Crippen LogP contribution in [0.25, 0.3) is 0 Å². The third kappa shape index (κ3) is 4.18. The minimum atomic E-state index is -1.19. The summed E-state index contributed by atoms with van der Waals surface area (Å²) in [6.45, 7) is 4.65. The number of amides is 2. The quantitative estimate of drug-likeness (QED) is 0.536.